The maximum atomic E-state index is 13.0. The predicted octanol–water partition coefficient (Wildman–Crippen LogP) is 6.83. The molecule has 6 nitrogen and oxygen atoms in total. The monoisotopic (exact) mass is 537 g/mol. The maximum Gasteiger partial charge on any atom is 0.573 e. The van der Waals surface area contributed by atoms with Crippen LogP contribution in [0.15, 0.2) is 54.9 Å². The standard InChI is InChI=1S/C24H13F6N3O3S/c25-23(26,27)22-32-10-18(37-22)12-33-11-16(19-6-5-17(8-20(19)33)36-24(28,29)30)7-15(9-31)13-1-3-14(4-2-13)21(34)35/h1-8,10-11H,12H2,(H,34,35)/b15-7+. The van der Waals surface area contributed by atoms with Gasteiger partial charge in [0.05, 0.1) is 29.3 Å². The zero-order chi connectivity index (χ0) is 27.0. The van der Waals surface area contributed by atoms with Crippen molar-refractivity contribution < 1.29 is 41.0 Å². The van der Waals surface area contributed by atoms with Gasteiger partial charge in [0, 0.05) is 34.3 Å². The van der Waals surface area contributed by atoms with Crippen LogP contribution in [-0.2, 0) is 12.7 Å². The van der Waals surface area contributed by atoms with Gasteiger partial charge in [-0.25, -0.2) is 9.78 Å². The smallest absolute Gasteiger partial charge is 0.478 e. The second-order valence-corrected chi connectivity index (χ2v) is 8.74. The normalized spacial score (nSPS) is 12.5. The first-order valence-corrected chi connectivity index (χ1v) is 11.0. The van der Waals surface area contributed by atoms with Crippen molar-refractivity contribution >= 4 is 39.9 Å². The SMILES string of the molecule is N#C/C(=C\c1cn(Cc2cnc(C(F)(F)F)s2)c2cc(OC(F)(F)F)ccc12)c1ccc(C(=O)O)cc1. The largest absolute Gasteiger partial charge is 0.573 e. The minimum absolute atomic E-state index is 0.0117. The predicted molar refractivity (Wildman–Crippen MR) is 122 cm³/mol. The Bertz CT molecular complexity index is 1540. The van der Waals surface area contributed by atoms with Gasteiger partial charge in [0.2, 0.25) is 0 Å². The van der Waals surface area contributed by atoms with Crippen LogP contribution in [0.4, 0.5) is 26.3 Å². The van der Waals surface area contributed by atoms with Gasteiger partial charge < -0.3 is 14.4 Å². The molecule has 0 spiro atoms. The van der Waals surface area contributed by atoms with Crippen molar-refractivity contribution in [2.24, 2.45) is 0 Å². The summed E-state index contributed by atoms with van der Waals surface area (Å²) < 4.78 is 82.6. The van der Waals surface area contributed by atoms with Crippen molar-refractivity contribution in [1.29, 1.82) is 5.26 Å². The number of carboxylic acid groups (broad SMARTS) is 1. The fourth-order valence-corrected chi connectivity index (χ4v) is 4.33. The van der Waals surface area contributed by atoms with E-state index in [9.17, 15) is 36.4 Å². The number of benzene rings is 2. The highest BCUT2D eigenvalue weighted by Gasteiger charge is 2.34. The molecule has 0 aliphatic heterocycles. The highest BCUT2D eigenvalue weighted by atomic mass is 32.1. The number of aromatic carboxylic acids is 1. The van der Waals surface area contributed by atoms with Gasteiger partial charge in [0.1, 0.15) is 5.75 Å². The summed E-state index contributed by atoms with van der Waals surface area (Å²) in [4.78, 5) is 14.7. The molecule has 4 rings (SSSR count). The molecule has 0 unspecified atom stereocenters. The molecule has 0 saturated heterocycles. The number of alkyl halides is 6. The lowest BCUT2D eigenvalue weighted by Crippen LogP contribution is -2.17. The van der Waals surface area contributed by atoms with E-state index in [4.69, 9.17) is 5.11 Å². The molecule has 4 aromatic rings. The van der Waals surface area contributed by atoms with Crippen LogP contribution in [0, 0.1) is 11.3 Å². The Morgan fingerprint density at radius 1 is 1.11 bits per heavy atom. The van der Waals surface area contributed by atoms with Crippen LogP contribution < -0.4 is 4.74 Å². The summed E-state index contributed by atoms with van der Waals surface area (Å²) in [5, 5.41) is 18.1. The number of hydrogen-bond donors (Lipinski definition) is 1. The molecule has 0 aliphatic carbocycles. The third-order valence-corrected chi connectivity index (χ3v) is 6.13. The fraction of sp³-hybridized carbons (Fsp3) is 0.125. The lowest BCUT2D eigenvalue weighted by atomic mass is 10.0. The number of fused-ring (bicyclic) bond motifs is 1. The van der Waals surface area contributed by atoms with Crippen LogP contribution in [0.5, 0.6) is 5.75 Å². The summed E-state index contributed by atoms with van der Waals surface area (Å²) in [6, 6.07) is 11.0. The minimum Gasteiger partial charge on any atom is -0.478 e. The molecule has 0 bridgehead atoms. The number of halogens is 6. The van der Waals surface area contributed by atoms with Gasteiger partial charge in [0.25, 0.3) is 0 Å². The number of rotatable bonds is 6. The third-order valence-electron chi connectivity index (χ3n) is 5.10. The number of nitrogens with zero attached hydrogens (tertiary/aromatic N) is 3. The highest BCUT2D eigenvalue weighted by Crippen LogP contribution is 2.35. The van der Waals surface area contributed by atoms with E-state index in [1.54, 1.807) is 0 Å². The molecule has 0 saturated carbocycles. The summed E-state index contributed by atoms with van der Waals surface area (Å²) in [6.07, 6.45) is -5.62. The molecule has 0 atom stereocenters. The van der Waals surface area contributed by atoms with Gasteiger partial charge in [-0.05, 0) is 35.9 Å². The van der Waals surface area contributed by atoms with E-state index in [0.29, 0.717) is 27.8 Å². The van der Waals surface area contributed by atoms with Crippen LogP contribution in [0.1, 0.15) is 31.4 Å². The number of thiazole rings is 1. The molecule has 0 fully saturated rings. The zero-order valence-corrected chi connectivity index (χ0v) is 19.1. The van der Waals surface area contributed by atoms with E-state index < -0.39 is 29.3 Å². The topological polar surface area (TPSA) is 88.1 Å². The van der Waals surface area contributed by atoms with Crippen molar-refractivity contribution in [2.75, 3.05) is 0 Å². The summed E-state index contributed by atoms with van der Waals surface area (Å²) in [5.74, 6) is -1.68. The van der Waals surface area contributed by atoms with Gasteiger partial charge in [-0.2, -0.15) is 18.4 Å². The number of aromatic nitrogens is 2. The molecule has 13 heteroatoms. The molecule has 0 amide bonds. The number of allylic oxidation sites excluding steroid dienone is 1. The van der Waals surface area contributed by atoms with Crippen LogP contribution >= 0.6 is 11.3 Å². The molecule has 2 aromatic carbocycles. The first kappa shape index (κ1) is 25.8. The van der Waals surface area contributed by atoms with E-state index in [-0.39, 0.29) is 28.1 Å². The van der Waals surface area contributed by atoms with Crippen molar-refractivity contribution in [2.45, 2.75) is 19.1 Å². The number of ether oxygens (including phenoxy) is 1. The maximum absolute atomic E-state index is 13.0. The second kappa shape index (κ2) is 9.62. The summed E-state index contributed by atoms with van der Waals surface area (Å²) in [7, 11) is 0. The van der Waals surface area contributed by atoms with Crippen molar-refractivity contribution in [3.63, 3.8) is 0 Å². The number of carbonyl (C=O) groups is 1. The van der Waals surface area contributed by atoms with Gasteiger partial charge in [-0.3, -0.25) is 0 Å². The van der Waals surface area contributed by atoms with E-state index in [1.165, 1.54) is 47.2 Å². The Balaban J connectivity index is 1.80. The molecule has 1 N–H and O–H groups in total. The van der Waals surface area contributed by atoms with Crippen LogP contribution in [0.3, 0.4) is 0 Å². The Kier molecular flexibility index (Phi) is 6.70. The van der Waals surface area contributed by atoms with Crippen LogP contribution in [0.2, 0.25) is 0 Å². The van der Waals surface area contributed by atoms with Crippen molar-refractivity contribution in [3.05, 3.63) is 81.4 Å². The first-order valence-electron chi connectivity index (χ1n) is 10.2. The van der Waals surface area contributed by atoms with E-state index in [0.717, 1.165) is 18.3 Å². The van der Waals surface area contributed by atoms with E-state index in [2.05, 4.69) is 9.72 Å². The average molecular weight is 537 g/mol. The second-order valence-electron chi connectivity index (χ2n) is 7.62. The summed E-state index contributed by atoms with van der Waals surface area (Å²) >= 11 is 0.402. The minimum atomic E-state index is -4.96. The van der Waals surface area contributed by atoms with E-state index in [1.807, 2.05) is 6.07 Å². The molecular weight excluding hydrogens is 524 g/mol. The Morgan fingerprint density at radius 2 is 1.78 bits per heavy atom. The molecule has 190 valence electrons. The van der Waals surface area contributed by atoms with Crippen LogP contribution in [-0.4, -0.2) is 27.0 Å². The zero-order valence-electron chi connectivity index (χ0n) is 18.3. The molecule has 37 heavy (non-hydrogen) atoms. The molecule has 2 heterocycles. The van der Waals surface area contributed by atoms with E-state index >= 15 is 0 Å². The van der Waals surface area contributed by atoms with Crippen molar-refractivity contribution in [1.82, 2.24) is 9.55 Å². The average Bonchev–Trinajstić information content (AvgIpc) is 3.42. The Labute approximate surface area is 208 Å². The van der Waals surface area contributed by atoms with Gasteiger partial charge in [0.15, 0.2) is 5.01 Å². The number of nitriles is 1. The lowest BCUT2D eigenvalue weighted by molar-refractivity contribution is -0.274. The van der Waals surface area contributed by atoms with Gasteiger partial charge in [-0.15, -0.1) is 24.5 Å². The highest BCUT2D eigenvalue weighted by molar-refractivity contribution is 7.11. The number of carboxylic acids is 1. The van der Waals surface area contributed by atoms with Crippen molar-refractivity contribution in [3.8, 4) is 11.8 Å². The fourth-order valence-electron chi connectivity index (χ4n) is 3.55. The molecular formula is C24H13F6N3O3S. The van der Waals surface area contributed by atoms with Crippen LogP contribution in [0.25, 0.3) is 22.6 Å². The molecule has 2 aromatic heterocycles. The lowest BCUT2D eigenvalue weighted by Gasteiger charge is -2.10. The summed E-state index contributed by atoms with van der Waals surface area (Å²) in [5.41, 5.74) is 1.14. The van der Waals surface area contributed by atoms with Gasteiger partial charge in [-0.1, -0.05) is 12.1 Å². The quantitative estimate of drug-likeness (QED) is 0.215. The Hall–Kier alpha value is -4.31. The number of hydrogen-bond acceptors (Lipinski definition) is 5. The Morgan fingerprint density at radius 3 is 2.35 bits per heavy atom. The molecule has 0 radical (unpaired) electrons. The third kappa shape index (κ3) is 5.92. The summed E-state index contributed by atoms with van der Waals surface area (Å²) in [6.45, 7) is -0.136. The first-order chi connectivity index (χ1) is 17.3. The van der Waals surface area contributed by atoms with Gasteiger partial charge >= 0.3 is 18.5 Å². The molecule has 0 aliphatic rings.